The number of para-hydroxylation sites is 1. The lowest BCUT2D eigenvalue weighted by Gasteiger charge is -2.18. The maximum Gasteiger partial charge on any atom is 0.337 e. The number of ether oxygens (including phenoxy) is 2. The Balaban J connectivity index is 1.72. The second-order valence-electron chi connectivity index (χ2n) is 5.73. The van der Waals surface area contributed by atoms with Crippen molar-refractivity contribution in [2.24, 2.45) is 0 Å². The van der Waals surface area contributed by atoms with Gasteiger partial charge in [-0.25, -0.2) is 14.2 Å². The molecule has 6 nitrogen and oxygen atoms in total. The fourth-order valence-corrected chi connectivity index (χ4v) is 3.33. The molecule has 2 aromatic carbocycles. The molecule has 0 unspecified atom stereocenters. The van der Waals surface area contributed by atoms with E-state index in [0.717, 1.165) is 0 Å². The molecular weight excluding hydrogens is 383 g/mol. The van der Waals surface area contributed by atoms with Crippen molar-refractivity contribution < 1.29 is 23.5 Å². The van der Waals surface area contributed by atoms with E-state index in [1.807, 2.05) is 0 Å². The van der Waals surface area contributed by atoms with Crippen LogP contribution in [0.4, 0.5) is 15.2 Å². The molecular formula is C20H17FN2O4S. The third-order valence-electron chi connectivity index (χ3n) is 3.80. The molecule has 144 valence electrons. The van der Waals surface area contributed by atoms with Crippen molar-refractivity contribution in [3.05, 3.63) is 71.0 Å². The first-order valence-electron chi connectivity index (χ1n) is 8.30. The Hall–Kier alpha value is -3.26. The number of esters is 1. The molecule has 0 fully saturated rings. The molecule has 8 heteroatoms. The number of benzene rings is 2. The summed E-state index contributed by atoms with van der Waals surface area (Å²) in [6.45, 7) is 1.52. The van der Waals surface area contributed by atoms with Crippen molar-refractivity contribution >= 4 is 34.0 Å². The molecule has 0 aliphatic heterocycles. The number of hydrogen-bond acceptors (Lipinski definition) is 6. The van der Waals surface area contributed by atoms with Gasteiger partial charge in [-0.05, 0) is 36.4 Å². The van der Waals surface area contributed by atoms with Gasteiger partial charge in [0, 0.05) is 12.3 Å². The lowest BCUT2D eigenvalue weighted by molar-refractivity contribution is -0.115. The predicted molar refractivity (Wildman–Crippen MR) is 103 cm³/mol. The molecule has 1 amide bonds. The van der Waals surface area contributed by atoms with Gasteiger partial charge >= 0.3 is 5.97 Å². The average Bonchev–Trinajstić information content (AvgIpc) is 3.16. The van der Waals surface area contributed by atoms with Gasteiger partial charge in [-0.15, -0.1) is 11.3 Å². The first-order chi connectivity index (χ1) is 13.5. The number of hydrogen-bond donors (Lipinski definition) is 0. The summed E-state index contributed by atoms with van der Waals surface area (Å²) in [6.07, 6.45) is 0. The molecule has 0 aliphatic carbocycles. The molecule has 3 rings (SSSR count). The number of anilines is 2. The summed E-state index contributed by atoms with van der Waals surface area (Å²) < 4.78 is 24.4. The Bertz CT molecular complexity index is 988. The van der Waals surface area contributed by atoms with Crippen LogP contribution >= 0.6 is 11.3 Å². The van der Waals surface area contributed by atoms with Crippen LogP contribution in [0.15, 0.2) is 53.9 Å². The van der Waals surface area contributed by atoms with E-state index in [-0.39, 0.29) is 18.2 Å². The van der Waals surface area contributed by atoms with E-state index in [1.165, 1.54) is 42.4 Å². The van der Waals surface area contributed by atoms with E-state index in [2.05, 4.69) is 9.72 Å². The van der Waals surface area contributed by atoms with E-state index < -0.39 is 11.8 Å². The molecule has 0 atom stereocenters. The van der Waals surface area contributed by atoms with E-state index in [1.54, 1.807) is 41.8 Å². The van der Waals surface area contributed by atoms with E-state index in [4.69, 9.17) is 4.74 Å². The van der Waals surface area contributed by atoms with Crippen LogP contribution in [0.3, 0.4) is 0 Å². The van der Waals surface area contributed by atoms with Crippen molar-refractivity contribution in [3.63, 3.8) is 0 Å². The lowest BCUT2D eigenvalue weighted by atomic mass is 10.2. The zero-order valence-electron chi connectivity index (χ0n) is 15.2. The molecule has 1 heterocycles. The number of carbonyl (C=O) groups is 2. The standard InChI is InChI=1S/C20H17FN2O4S/c1-13(24)23(18-6-4-3-5-17(18)21)20-22-15(12-28-20)11-27-16-9-7-14(8-10-16)19(25)26-2/h3-10,12H,11H2,1-2H3. The van der Waals surface area contributed by atoms with Crippen LogP contribution in [-0.4, -0.2) is 24.0 Å². The van der Waals surface area contributed by atoms with Crippen molar-refractivity contribution in [1.29, 1.82) is 0 Å². The first kappa shape index (κ1) is 19.5. The van der Waals surface area contributed by atoms with Crippen LogP contribution in [0.5, 0.6) is 5.75 Å². The first-order valence-corrected chi connectivity index (χ1v) is 9.18. The van der Waals surface area contributed by atoms with Gasteiger partial charge in [0.05, 0.1) is 24.1 Å². The zero-order valence-corrected chi connectivity index (χ0v) is 16.0. The third-order valence-corrected chi connectivity index (χ3v) is 4.68. The lowest BCUT2D eigenvalue weighted by Crippen LogP contribution is -2.23. The summed E-state index contributed by atoms with van der Waals surface area (Å²) in [5, 5.41) is 2.10. The summed E-state index contributed by atoms with van der Waals surface area (Å²) in [4.78, 5) is 29.1. The second kappa shape index (κ2) is 8.62. The number of methoxy groups -OCH3 is 1. The quantitative estimate of drug-likeness (QED) is 0.576. The Kier molecular flexibility index (Phi) is 6.00. The minimum atomic E-state index is -0.503. The average molecular weight is 400 g/mol. The number of aromatic nitrogens is 1. The molecule has 0 N–H and O–H groups in total. The fourth-order valence-electron chi connectivity index (χ4n) is 2.47. The van der Waals surface area contributed by atoms with Crippen molar-refractivity contribution in [2.45, 2.75) is 13.5 Å². The number of rotatable bonds is 6. The predicted octanol–water partition coefficient (Wildman–Crippen LogP) is 4.33. The van der Waals surface area contributed by atoms with Gasteiger partial charge in [-0.3, -0.25) is 9.69 Å². The van der Waals surface area contributed by atoms with E-state index >= 15 is 0 Å². The molecule has 1 aromatic heterocycles. The van der Waals surface area contributed by atoms with Crippen LogP contribution in [0.25, 0.3) is 0 Å². The maximum atomic E-state index is 14.1. The molecule has 0 saturated carbocycles. The highest BCUT2D eigenvalue weighted by atomic mass is 32.1. The largest absolute Gasteiger partial charge is 0.487 e. The summed E-state index contributed by atoms with van der Waals surface area (Å²) >= 11 is 1.22. The third kappa shape index (κ3) is 4.34. The Morgan fingerprint density at radius 1 is 1.14 bits per heavy atom. The normalized spacial score (nSPS) is 10.4. The number of thiazole rings is 1. The highest BCUT2D eigenvalue weighted by Gasteiger charge is 2.21. The van der Waals surface area contributed by atoms with Gasteiger partial charge in [-0.1, -0.05) is 12.1 Å². The SMILES string of the molecule is COC(=O)c1ccc(OCc2csc(N(C(C)=O)c3ccccc3F)n2)cc1. The Morgan fingerprint density at radius 2 is 1.86 bits per heavy atom. The van der Waals surface area contributed by atoms with Crippen molar-refractivity contribution in [2.75, 3.05) is 12.0 Å². The van der Waals surface area contributed by atoms with Crippen molar-refractivity contribution in [1.82, 2.24) is 4.98 Å². The van der Waals surface area contributed by atoms with Gasteiger partial charge < -0.3 is 9.47 Å². The summed E-state index contributed by atoms with van der Waals surface area (Å²) in [7, 11) is 1.32. The highest BCUT2D eigenvalue weighted by Crippen LogP contribution is 2.31. The molecule has 0 bridgehead atoms. The van der Waals surface area contributed by atoms with Gasteiger partial charge in [0.2, 0.25) is 5.91 Å². The molecule has 0 aliphatic rings. The summed E-state index contributed by atoms with van der Waals surface area (Å²) in [5.74, 6) is -0.713. The minimum absolute atomic E-state index is 0.148. The topological polar surface area (TPSA) is 68.7 Å². The van der Waals surface area contributed by atoms with Crippen LogP contribution in [-0.2, 0) is 16.1 Å². The van der Waals surface area contributed by atoms with Crippen molar-refractivity contribution in [3.8, 4) is 5.75 Å². The van der Waals surface area contributed by atoms with Gasteiger partial charge in [-0.2, -0.15) is 0 Å². The fraction of sp³-hybridized carbons (Fsp3) is 0.150. The maximum absolute atomic E-state index is 14.1. The summed E-state index contributed by atoms with van der Waals surface area (Å²) in [5.41, 5.74) is 1.17. The van der Waals surface area contributed by atoms with Crippen LogP contribution in [0, 0.1) is 5.82 Å². The van der Waals surface area contributed by atoms with Gasteiger partial charge in [0.25, 0.3) is 0 Å². The number of carbonyl (C=O) groups excluding carboxylic acids is 2. The molecule has 28 heavy (non-hydrogen) atoms. The monoisotopic (exact) mass is 400 g/mol. The zero-order chi connectivity index (χ0) is 20.1. The molecule has 3 aromatic rings. The van der Waals surface area contributed by atoms with Crippen LogP contribution in [0.2, 0.25) is 0 Å². The number of amides is 1. The Labute approximate surface area is 165 Å². The van der Waals surface area contributed by atoms with Crippen LogP contribution < -0.4 is 9.64 Å². The molecule has 0 saturated heterocycles. The van der Waals surface area contributed by atoms with Gasteiger partial charge in [0.15, 0.2) is 5.13 Å². The number of nitrogens with zero attached hydrogens (tertiary/aromatic N) is 2. The highest BCUT2D eigenvalue weighted by molar-refractivity contribution is 7.14. The number of halogens is 1. The second-order valence-corrected chi connectivity index (χ2v) is 6.57. The molecule has 0 spiro atoms. The van der Waals surface area contributed by atoms with Gasteiger partial charge in [0.1, 0.15) is 18.2 Å². The van der Waals surface area contributed by atoms with E-state index in [0.29, 0.717) is 22.1 Å². The minimum Gasteiger partial charge on any atom is -0.487 e. The smallest absolute Gasteiger partial charge is 0.337 e. The summed E-state index contributed by atoms with van der Waals surface area (Å²) in [6, 6.07) is 12.5. The van der Waals surface area contributed by atoms with E-state index in [9.17, 15) is 14.0 Å². The molecule has 0 radical (unpaired) electrons. The van der Waals surface area contributed by atoms with Crippen LogP contribution in [0.1, 0.15) is 23.0 Å². The Morgan fingerprint density at radius 3 is 2.50 bits per heavy atom.